The van der Waals surface area contributed by atoms with Gasteiger partial charge in [-0.25, -0.2) is 4.98 Å². The molecule has 3 rings (SSSR count). The normalized spacial score (nSPS) is 20.9. The molecule has 1 aliphatic rings. The lowest BCUT2D eigenvalue weighted by molar-refractivity contribution is 0.757. The zero-order valence-electron chi connectivity index (χ0n) is 11.7. The Morgan fingerprint density at radius 2 is 2.15 bits per heavy atom. The number of likely N-dealkylation sites (N-methyl/N-ethyl adjacent to an activating group) is 1. The van der Waals surface area contributed by atoms with E-state index in [1.54, 1.807) is 0 Å². The summed E-state index contributed by atoms with van der Waals surface area (Å²) < 4.78 is 0.171. The number of rotatable bonds is 3. The summed E-state index contributed by atoms with van der Waals surface area (Å²) in [5, 5.41) is 3.41. The number of benzene rings is 1. The summed E-state index contributed by atoms with van der Waals surface area (Å²) in [6, 6.07) is 12.5. The van der Waals surface area contributed by atoms with E-state index in [1.165, 1.54) is 16.8 Å². The molecule has 0 saturated heterocycles. The molecular formula is C16H18IN3. The van der Waals surface area contributed by atoms with Crippen LogP contribution in [0.4, 0.5) is 11.5 Å². The highest BCUT2D eigenvalue weighted by atomic mass is 127. The molecule has 20 heavy (non-hydrogen) atoms. The number of hydrogen-bond donors (Lipinski definition) is 1. The van der Waals surface area contributed by atoms with Crippen LogP contribution < -0.4 is 10.2 Å². The molecule has 1 N–H and O–H groups in total. The van der Waals surface area contributed by atoms with Crippen LogP contribution in [0.3, 0.4) is 0 Å². The zero-order valence-corrected chi connectivity index (χ0v) is 13.9. The van der Waals surface area contributed by atoms with Crippen LogP contribution in [-0.2, 0) is 9.97 Å². The molecule has 3 nitrogen and oxygen atoms in total. The lowest BCUT2D eigenvalue weighted by Gasteiger charge is -2.19. The minimum atomic E-state index is 0.171. The minimum Gasteiger partial charge on any atom is -0.373 e. The Morgan fingerprint density at radius 3 is 2.90 bits per heavy atom. The fourth-order valence-corrected chi connectivity index (χ4v) is 4.05. The number of halogens is 1. The third-order valence-electron chi connectivity index (χ3n) is 3.72. The number of nitrogens with zero attached hydrogens (tertiary/aromatic N) is 2. The molecule has 0 radical (unpaired) electrons. The third kappa shape index (κ3) is 2.49. The molecule has 2 heterocycles. The first-order chi connectivity index (χ1) is 9.58. The van der Waals surface area contributed by atoms with Gasteiger partial charge < -0.3 is 10.2 Å². The van der Waals surface area contributed by atoms with Crippen LogP contribution in [0.25, 0.3) is 0 Å². The Kier molecular flexibility index (Phi) is 3.58. The van der Waals surface area contributed by atoms with Gasteiger partial charge in [-0.05, 0) is 36.2 Å². The quantitative estimate of drug-likeness (QED) is 0.650. The molecule has 1 unspecified atom stereocenters. The smallest absolute Gasteiger partial charge is 0.126 e. The van der Waals surface area contributed by atoms with E-state index in [9.17, 15) is 0 Å². The molecule has 0 amide bonds. The Morgan fingerprint density at radius 1 is 1.30 bits per heavy atom. The first kappa shape index (κ1) is 13.7. The number of alkyl halides is 1. The summed E-state index contributed by atoms with van der Waals surface area (Å²) >= 11 is 2.57. The Bertz CT molecular complexity index is 610. The van der Waals surface area contributed by atoms with Crippen molar-refractivity contribution in [3.8, 4) is 0 Å². The van der Waals surface area contributed by atoms with Crippen molar-refractivity contribution in [1.82, 2.24) is 4.98 Å². The Labute approximate surface area is 133 Å². The maximum atomic E-state index is 4.32. The van der Waals surface area contributed by atoms with Gasteiger partial charge in [0, 0.05) is 32.0 Å². The van der Waals surface area contributed by atoms with Crippen LogP contribution in [0, 0.1) is 0 Å². The van der Waals surface area contributed by atoms with Gasteiger partial charge in [0.25, 0.3) is 0 Å². The van der Waals surface area contributed by atoms with Crippen molar-refractivity contribution < 1.29 is 0 Å². The zero-order chi connectivity index (χ0) is 14.2. The maximum Gasteiger partial charge on any atom is 0.126 e. The highest BCUT2D eigenvalue weighted by molar-refractivity contribution is 14.1. The summed E-state index contributed by atoms with van der Waals surface area (Å²) in [7, 11) is 2.17. The average molecular weight is 379 g/mol. The Balaban J connectivity index is 1.89. The van der Waals surface area contributed by atoms with Gasteiger partial charge in [0.2, 0.25) is 0 Å². The van der Waals surface area contributed by atoms with Crippen molar-refractivity contribution in [2.45, 2.75) is 16.9 Å². The number of pyridine rings is 1. The molecule has 0 fully saturated rings. The number of anilines is 2. The van der Waals surface area contributed by atoms with E-state index < -0.39 is 0 Å². The molecule has 1 atom stereocenters. The number of aromatic nitrogens is 1. The molecule has 4 heteroatoms. The van der Waals surface area contributed by atoms with Crippen LogP contribution >= 0.6 is 22.6 Å². The summed E-state index contributed by atoms with van der Waals surface area (Å²) in [6.07, 6.45) is 1.81. The van der Waals surface area contributed by atoms with E-state index in [-0.39, 0.29) is 3.42 Å². The fraction of sp³-hybridized carbons (Fsp3) is 0.312. The van der Waals surface area contributed by atoms with Crippen LogP contribution in [0.1, 0.15) is 18.1 Å². The summed E-state index contributed by atoms with van der Waals surface area (Å²) in [5.41, 5.74) is 4.16. The third-order valence-corrected chi connectivity index (χ3v) is 4.60. The molecule has 0 bridgehead atoms. The van der Waals surface area contributed by atoms with Crippen LogP contribution in [0.2, 0.25) is 0 Å². The summed E-state index contributed by atoms with van der Waals surface area (Å²) in [4.78, 5) is 6.65. The second kappa shape index (κ2) is 5.24. The van der Waals surface area contributed by atoms with E-state index in [0.717, 1.165) is 18.9 Å². The van der Waals surface area contributed by atoms with Gasteiger partial charge >= 0.3 is 0 Å². The topological polar surface area (TPSA) is 28.2 Å². The van der Waals surface area contributed by atoms with Gasteiger partial charge in [-0.3, -0.25) is 0 Å². The molecule has 1 aromatic heterocycles. The van der Waals surface area contributed by atoms with Crippen LogP contribution in [0.5, 0.6) is 0 Å². The van der Waals surface area contributed by atoms with E-state index in [2.05, 4.69) is 70.0 Å². The van der Waals surface area contributed by atoms with Gasteiger partial charge in [-0.1, -0.05) is 40.8 Å². The molecule has 0 spiro atoms. The van der Waals surface area contributed by atoms with Crippen LogP contribution in [-0.4, -0.2) is 18.6 Å². The first-order valence-corrected chi connectivity index (χ1v) is 7.83. The molecule has 1 aromatic carbocycles. The van der Waals surface area contributed by atoms with Crippen molar-refractivity contribution in [2.24, 2.45) is 0 Å². The van der Waals surface area contributed by atoms with Gasteiger partial charge in [0.15, 0.2) is 0 Å². The number of hydrogen-bond acceptors (Lipinski definition) is 3. The fourth-order valence-electron chi connectivity index (χ4n) is 2.92. The Hall–Kier alpha value is -1.30. The molecule has 0 aliphatic carbocycles. The minimum absolute atomic E-state index is 0.171. The molecule has 104 valence electrons. The lowest BCUT2D eigenvalue weighted by atomic mass is 9.97. The SMILES string of the molecule is CN1CC(C)(I)c2c(CNc3ccccn3)cccc21. The van der Waals surface area contributed by atoms with Crippen molar-refractivity contribution >= 4 is 34.1 Å². The van der Waals surface area contributed by atoms with Gasteiger partial charge in [-0.2, -0.15) is 0 Å². The molecule has 2 aromatic rings. The molecule has 0 saturated carbocycles. The van der Waals surface area contributed by atoms with Crippen molar-refractivity contribution in [1.29, 1.82) is 0 Å². The van der Waals surface area contributed by atoms with E-state index in [1.807, 2.05) is 24.4 Å². The van der Waals surface area contributed by atoms with Crippen molar-refractivity contribution in [3.63, 3.8) is 0 Å². The highest BCUT2D eigenvalue weighted by Crippen LogP contribution is 2.46. The monoisotopic (exact) mass is 379 g/mol. The number of fused-ring (bicyclic) bond motifs is 1. The molecule has 1 aliphatic heterocycles. The van der Waals surface area contributed by atoms with Gasteiger partial charge in [0.05, 0.1) is 3.42 Å². The summed E-state index contributed by atoms with van der Waals surface area (Å²) in [5.74, 6) is 0.923. The molecular weight excluding hydrogens is 361 g/mol. The average Bonchev–Trinajstić information content (AvgIpc) is 2.68. The highest BCUT2D eigenvalue weighted by Gasteiger charge is 2.36. The van der Waals surface area contributed by atoms with Gasteiger partial charge in [0.1, 0.15) is 5.82 Å². The second-order valence-electron chi connectivity index (χ2n) is 5.43. The summed E-state index contributed by atoms with van der Waals surface area (Å²) in [6.45, 7) is 4.18. The first-order valence-electron chi connectivity index (χ1n) is 6.75. The van der Waals surface area contributed by atoms with Crippen molar-refractivity contribution in [2.75, 3.05) is 23.8 Å². The predicted octanol–water partition coefficient (Wildman–Crippen LogP) is 3.79. The van der Waals surface area contributed by atoms with E-state index >= 15 is 0 Å². The lowest BCUT2D eigenvalue weighted by Crippen LogP contribution is -2.22. The standard InChI is InChI=1S/C16H18IN3/c1-16(17)11-20(2)13-7-5-6-12(15(13)16)10-19-14-8-3-4-9-18-14/h3-9H,10-11H2,1-2H3,(H,18,19). The maximum absolute atomic E-state index is 4.32. The van der Waals surface area contributed by atoms with E-state index in [4.69, 9.17) is 0 Å². The predicted molar refractivity (Wildman–Crippen MR) is 92.6 cm³/mol. The van der Waals surface area contributed by atoms with Crippen LogP contribution in [0.15, 0.2) is 42.6 Å². The van der Waals surface area contributed by atoms with E-state index in [0.29, 0.717) is 0 Å². The number of nitrogens with one attached hydrogen (secondary N) is 1. The largest absolute Gasteiger partial charge is 0.373 e. The second-order valence-corrected chi connectivity index (χ2v) is 7.81. The van der Waals surface area contributed by atoms with Crippen molar-refractivity contribution in [3.05, 3.63) is 53.7 Å². The van der Waals surface area contributed by atoms with Gasteiger partial charge in [-0.15, -0.1) is 0 Å².